The van der Waals surface area contributed by atoms with E-state index in [9.17, 15) is 5.11 Å². The summed E-state index contributed by atoms with van der Waals surface area (Å²) in [5.74, 6) is 0.609. The fourth-order valence-electron chi connectivity index (χ4n) is 1.13. The topological polar surface area (TPSA) is 49.7 Å². The van der Waals surface area contributed by atoms with E-state index in [2.05, 4.69) is 15.9 Å². The minimum atomic E-state index is -0.582. The normalized spacial score (nSPS) is 12.6. The van der Waals surface area contributed by atoms with Crippen LogP contribution in [0.3, 0.4) is 0 Å². The Kier molecular flexibility index (Phi) is 4.38. The van der Waals surface area contributed by atoms with Crippen molar-refractivity contribution >= 4 is 15.9 Å². The molecular formula is C10H13BrO3. The molecule has 14 heavy (non-hydrogen) atoms. The van der Waals surface area contributed by atoms with Crippen LogP contribution >= 0.6 is 15.9 Å². The van der Waals surface area contributed by atoms with Gasteiger partial charge in [0.2, 0.25) is 0 Å². The number of rotatable bonds is 4. The number of halogens is 1. The molecule has 0 spiro atoms. The van der Waals surface area contributed by atoms with E-state index in [1.54, 1.807) is 19.1 Å². The highest BCUT2D eigenvalue weighted by Crippen LogP contribution is 2.28. The van der Waals surface area contributed by atoms with E-state index in [-0.39, 0.29) is 13.2 Å². The van der Waals surface area contributed by atoms with E-state index in [1.165, 1.54) is 0 Å². The van der Waals surface area contributed by atoms with E-state index >= 15 is 0 Å². The van der Waals surface area contributed by atoms with Gasteiger partial charge in [-0.2, -0.15) is 0 Å². The van der Waals surface area contributed by atoms with Crippen molar-refractivity contribution in [3.05, 3.63) is 28.2 Å². The maximum absolute atomic E-state index is 9.46. The third kappa shape index (κ3) is 2.97. The molecular weight excluding hydrogens is 248 g/mol. The lowest BCUT2D eigenvalue weighted by Gasteiger charge is -2.12. The Labute approximate surface area is 91.5 Å². The monoisotopic (exact) mass is 260 g/mol. The maximum Gasteiger partial charge on any atom is 0.125 e. The Morgan fingerprint density at radius 1 is 1.50 bits per heavy atom. The molecule has 4 heteroatoms. The molecule has 1 aromatic carbocycles. The van der Waals surface area contributed by atoms with Crippen LogP contribution in [0.15, 0.2) is 22.7 Å². The van der Waals surface area contributed by atoms with Gasteiger partial charge < -0.3 is 14.9 Å². The van der Waals surface area contributed by atoms with Crippen molar-refractivity contribution in [2.75, 3.05) is 13.2 Å². The summed E-state index contributed by atoms with van der Waals surface area (Å²) >= 11 is 3.32. The molecule has 0 aromatic heterocycles. The molecule has 0 heterocycles. The molecule has 78 valence electrons. The minimum absolute atomic E-state index is 0.0324. The zero-order valence-corrected chi connectivity index (χ0v) is 9.49. The molecule has 0 aliphatic rings. The summed E-state index contributed by atoms with van der Waals surface area (Å²) in [5, 5.41) is 18.1. The van der Waals surface area contributed by atoms with Crippen molar-refractivity contribution in [3.63, 3.8) is 0 Å². The van der Waals surface area contributed by atoms with Gasteiger partial charge in [-0.3, -0.25) is 0 Å². The molecule has 1 aromatic rings. The molecule has 0 amide bonds. The zero-order chi connectivity index (χ0) is 10.6. The number of hydrogen-bond acceptors (Lipinski definition) is 3. The lowest BCUT2D eigenvalue weighted by Crippen LogP contribution is -2.05. The van der Waals surface area contributed by atoms with E-state index < -0.39 is 6.10 Å². The van der Waals surface area contributed by atoms with Crippen molar-refractivity contribution in [2.45, 2.75) is 13.0 Å². The Morgan fingerprint density at radius 3 is 2.79 bits per heavy atom. The number of benzene rings is 1. The van der Waals surface area contributed by atoms with Gasteiger partial charge in [0.15, 0.2) is 0 Å². The molecule has 0 saturated heterocycles. The summed E-state index contributed by atoms with van der Waals surface area (Å²) in [6, 6.07) is 5.40. The number of aliphatic hydroxyl groups excluding tert-OH is 2. The van der Waals surface area contributed by atoms with Gasteiger partial charge in [-0.25, -0.2) is 0 Å². The summed E-state index contributed by atoms with van der Waals surface area (Å²) in [4.78, 5) is 0. The van der Waals surface area contributed by atoms with Crippen LogP contribution in [-0.2, 0) is 0 Å². The second-order valence-corrected chi connectivity index (χ2v) is 3.85. The Hall–Kier alpha value is -0.580. The molecule has 0 bridgehead atoms. The van der Waals surface area contributed by atoms with Gasteiger partial charge in [-0.05, 0) is 25.1 Å². The molecule has 3 nitrogen and oxygen atoms in total. The fourth-order valence-corrected chi connectivity index (χ4v) is 1.51. The molecule has 0 saturated carbocycles. The molecule has 0 radical (unpaired) electrons. The third-order valence-corrected chi connectivity index (χ3v) is 2.26. The quantitative estimate of drug-likeness (QED) is 0.869. The molecule has 0 aliphatic carbocycles. The Balaban J connectivity index is 2.90. The summed E-state index contributed by atoms with van der Waals surface area (Å²) in [5.41, 5.74) is 0.716. The molecule has 0 aliphatic heterocycles. The highest BCUT2D eigenvalue weighted by atomic mass is 79.9. The fraction of sp³-hybridized carbons (Fsp3) is 0.400. The van der Waals surface area contributed by atoms with Crippen molar-refractivity contribution < 1.29 is 14.9 Å². The van der Waals surface area contributed by atoms with Gasteiger partial charge in [0, 0.05) is 10.0 Å². The van der Waals surface area contributed by atoms with Gasteiger partial charge in [0.05, 0.1) is 12.7 Å². The second kappa shape index (κ2) is 5.34. The van der Waals surface area contributed by atoms with Crippen LogP contribution in [0.5, 0.6) is 5.75 Å². The summed E-state index contributed by atoms with van der Waals surface area (Å²) in [7, 11) is 0. The van der Waals surface area contributed by atoms with Crippen molar-refractivity contribution in [3.8, 4) is 5.75 Å². The van der Waals surface area contributed by atoms with E-state index in [4.69, 9.17) is 9.84 Å². The maximum atomic E-state index is 9.46. The molecule has 1 atom stereocenters. The first kappa shape index (κ1) is 11.5. The van der Waals surface area contributed by atoms with Gasteiger partial charge >= 0.3 is 0 Å². The Bertz CT molecular complexity index is 299. The van der Waals surface area contributed by atoms with Gasteiger partial charge in [-0.1, -0.05) is 15.9 Å². The van der Waals surface area contributed by atoms with E-state index in [0.717, 1.165) is 4.47 Å². The highest BCUT2D eigenvalue weighted by Gasteiger charge is 2.09. The van der Waals surface area contributed by atoms with Crippen LogP contribution in [-0.4, -0.2) is 23.4 Å². The van der Waals surface area contributed by atoms with E-state index in [0.29, 0.717) is 11.3 Å². The van der Waals surface area contributed by atoms with Crippen molar-refractivity contribution in [1.82, 2.24) is 0 Å². The summed E-state index contributed by atoms with van der Waals surface area (Å²) in [6.45, 7) is 1.88. The van der Waals surface area contributed by atoms with Crippen LogP contribution in [0.25, 0.3) is 0 Å². The Morgan fingerprint density at radius 2 is 2.21 bits per heavy atom. The van der Waals surface area contributed by atoms with Crippen molar-refractivity contribution in [1.29, 1.82) is 0 Å². The SMILES string of the molecule is C[C@@H](O)c1cc(Br)ccc1OCCO. The van der Waals surface area contributed by atoms with Crippen LogP contribution in [0, 0.1) is 0 Å². The molecule has 2 N–H and O–H groups in total. The number of aliphatic hydroxyl groups is 2. The van der Waals surface area contributed by atoms with Gasteiger partial charge in [0.25, 0.3) is 0 Å². The van der Waals surface area contributed by atoms with Crippen molar-refractivity contribution in [2.24, 2.45) is 0 Å². The number of ether oxygens (including phenoxy) is 1. The predicted octanol–water partition coefficient (Wildman–Crippen LogP) is 1.87. The third-order valence-electron chi connectivity index (χ3n) is 1.77. The van der Waals surface area contributed by atoms with Crippen LogP contribution in [0.2, 0.25) is 0 Å². The van der Waals surface area contributed by atoms with Crippen LogP contribution in [0.4, 0.5) is 0 Å². The molecule has 0 unspecified atom stereocenters. The average Bonchev–Trinajstić information content (AvgIpc) is 2.15. The predicted molar refractivity (Wildman–Crippen MR) is 57.4 cm³/mol. The van der Waals surface area contributed by atoms with Crippen LogP contribution < -0.4 is 4.74 Å². The lowest BCUT2D eigenvalue weighted by atomic mass is 10.1. The summed E-state index contributed by atoms with van der Waals surface area (Å²) in [6.07, 6.45) is -0.582. The first-order valence-corrected chi connectivity index (χ1v) is 5.15. The first-order valence-electron chi connectivity index (χ1n) is 4.36. The zero-order valence-electron chi connectivity index (χ0n) is 7.90. The standard InChI is InChI=1S/C10H13BrO3/c1-7(13)9-6-8(11)2-3-10(9)14-5-4-12/h2-3,6-7,12-13H,4-5H2,1H3/t7-/m1/s1. The minimum Gasteiger partial charge on any atom is -0.491 e. The summed E-state index contributed by atoms with van der Waals surface area (Å²) < 4.78 is 6.17. The van der Waals surface area contributed by atoms with Crippen LogP contribution in [0.1, 0.15) is 18.6 Å². The number of hydrogen-bond donors (Lipinski definition) is 2. The molecule has 1 rings (SSSR count). The average molecular weight is 261 g/mol. The van der Waals surface area contributed by atoms with Gasteiger partial charge in [-0.15, -0.1) is 0 Å². The van der Waals surface area contributed by atoms with E-state index in [1.807, 2.05) is 6.07 Å². The highest BCUT2D eigenvalue weighted by molar-refractivity contribution is 9.10. The second-order valence-electron chi connectivity index (χ2n) is 2.93. The first-order chi connectivity index (χ1) is 6.65. The molecule has 0 fully saturated rings. The smallest absolute Gasteiger partial charge is 0.125 e. The lowest BCUT2D eigenvalue weighted by molar-refractivity contribution is 0.177. The van der Waals surface area contributed by atoms with Gasteiger partial charge in [0.1, 0.15) is 12.4 Å². The largest absolute Gasteiger partial charge is 0.491 e.